The van der Waals surface area contributed by atoms with E-state index in [0.717, 1.165) is 44.6 Å². The molecule has 162 valence electrons. The Hall–Kier alpha value is -2.41. The summed E-state index contributed by atoms with van der Waals surface area (Å²) in [5, 5.41) is 12.6. The molecule has 4 rings (SSSR count). The number of hydrogen-bond donors (Lipinski definition) is 1. The molecule has 1 saturated heterocycles. The standard InChI is InChI=1S/C24H26ClN3O2S/c1-16(2)28(30)24(29)27-14-12-19(13-15-27)23-26-21(17-8-10-20(25)11-9-17)22(31-23)18-6-4-3-5-7-18/h3-11,16,19,30H,12-15H2,1-2H3. The van der Waals surface area contributed by atoms with Crippen molar-refractivity contribution in [3.63, 3.8) is 0 Å². The van der Waals surface area contributed by atoms with E-state index in [4.69, 9.17) is 16.6 Å². The van der Waals surface area contributed by atoms with Crippen molar-refractivity contribution in [2.45, 2.75) is 38.6 Å². The highest BCUT2D eigenvalue weighted by molar-refractivity contribution is 7.15. The molecule has 0 bridgehead atoms. The lowest BCUT2D eigenvalue weighted by Gasteiger charge is -2.34. The van der Waals surface area contributed by atoms with Gasteiger partial charge in [-0.3, -0.25) is 5.21 Å². The Kier molecular flexibility index (Phi) is 6.60. The predicted molar refractivity (Wildman–Crippen MR) is 126 cm³/mol. The highest BCUT2D eigenvalue weighted by atomic mass is 35.5. The predicted octanol–water partition coefficient (Wildman–Crippen LogP) is 6.53. The summed E-state index contributed by atoms with van der Waals surface area (Å²) in [7, 11) is 0. The van der Waals surface area contributed by atoms with Crippen LogP contribution in [0.1, 0.15) is 37.6 Å². The number of likely N-dealkylation sites (tertiary alicyclic amines) is 1. The largest absolute Gasteiger partial charge is 0.343 e. The molecular formula is C24H26ClN3O2S. The first-order chi connectivity index (χ1) is 14.9. The van der Waals surface area contributed by atoms with Gasteiger partial charge in [-0.1, -0.05) is 54.1 Å². The smallest absolute Gasteiger partial charge is 0.323 e. The van der Waals surface area contributed by atoms with Gasteiger partial charge in [-0.15, -0.1) is 11.3 Å². The molecule has 5 nitrogen and oxygen atoms in total. The molecule has 1 aliphatic heterocycles. The Morgan fingerprint density at radius 2 is 1.74 bits per heavy atom. The first-order valence-corrected chi connectivity index (χ1v) is 11.7. The molecule has 1 aliphatic rings. The van der Waals surface area contributed by atoms with E-state index in [0.29, 0.717) is 24.0 Å². The van der Waals surface area contributed by atoms with E-state index in [9.17, 15) is 10.0 Å². The van der Waals surface area contributed by atoms with Gasteiger partial charge in [0.2, 0.25) is 0 Å². The van der Waals surface area contributed by atoms with E-state index in [1.165, 1.54) is 0 Å². The lowest BCUT2D eigenvalue weighted by atomic mass is 9.97. The summed E-state index contributed by atoms with van der Waals surface area (Å²) >= 11 is 7.82. The fraction of sp³-hybridized carbons (Fsp3) is 0.333. The quantitative estimate of drug-likeness (QED) is 0.359. The van der Waals surface area contributed by atoms with Crippen molar-refractivity contribution >= 4 is 29.0 Å². The number of carbonyl (C=O) groups excluding carboxylic acids is 1. The average molecular weight is 456 g/mol. The number of hydrogen-bond acceptors (Lipinski definition) is 4. The summed E-state index contributed by atoms with van der Waals surface area (Å²) in [6.45, 7) is 4.82. The van der Waals surface area contributed by atoms with Gasteiger partial charge in [0.1, 0.15) is 0 Å². The zero-order valence-electron chi connectivity index (χ0n) is 17.7. The van der Waals surface area contributed by atoms with Crippen molar-refractivity contribution in [2.75, 3.05) is 13.1 Å². The van der Waals surface area contributed by atoms with Gasteiger partial charge >= 0.3 is 6.03 Å². The molecule has 1 aromatic heterocycles. The molecule has 0 saturated carbocycles. The van der Waals surface area contributed by atoms with Gasteiger partial charge in [-0.05, 0) is 44.4 Å². The van der Waals surface area contributed by atoms with Crippen molar-refractivity contribution in [3.8, 4) is 21.7 Å². The van der Waals surface area contributed by atoms with E-state index in [2.05, 4.69) is 12.1 Å². The van der Waals surface area contributed by atoms with Crippen LogP contribution < -0.4 is 0 Å². The number of amides is 2. The van der Waals surface area contributed by atoms with Gasteiger partial charge in [0.25, 0.3) is 0 Å². The number of nitrogens with zero attached hydrogens (tertiary/aromatic N) is 3. The first kappa shape index (κ1) is 21.8. The van der Waals surface area contributed by atoms with Crippen LogP contribution >= 0.6 is 22.9 Å². The second-order valence-corrected chi connectivity index (χ2v) is 9.55. The normalized spacial score (nSPS) is 14.8. The Morgan fingerprint density at radius 1 is 1.10 bits per heavy atom. The molecule has 7 heteroatoms. The van der Waals surface area contributed by atoms with Crippen molar-refractivity contribution in [3.05, 3.63) is 64.6 Å². The SMILES string of the molecule is CC(C)N(O)C(=O)N1CCC(c2nc(-c3ccc(Cl)cc3)c(-c3ccccc3)s2)CC1. The molecule has 1 N–H and O–H groups in total. The molecule has 31 heavy (non-hydrogen) atoms. The Bertz CT molecular complexity index is 1030. The number of carbonyl (C=O) groups is 1. The van der Waals surface area contributed by atoms with Crippen LogP contribution in [0.5, 0.6) is 0 Å². The van der Waals surface area contributed by atoms with Crippen molar-refractivity contribution < 1.29 is 10.0 Å². The fourth-order valence-corrected chi connectivity index (χ4v) is 5.17. The summed E-state index contributed by atoms with van der Waals surface area (Å²) in [6, 6.07) is 17.6. The van der Waals surface area contributed by atoms with E-state index in [-0.39, 0.29) is 12.1 Å². The van der Waals surface area contributed by atoms with Gasteiger partial charge in [-0.2, -0.15) is 0 Å². The summed E-state index contributed by atoms with van der Waals surface area (Å²) < 4.78 is 0. The molecule has 0 unspecified atom stereocenters. The van der Waals surface area contributed by atoms with Crippen LogP contribution in [0.4, 0.5) is 4.79 Å². The maximum Gasteiger partial charge on any atom is 0.343 e. The molecule has 2 amide bonds. The van der Waals surface area contributed by atoms with Crippen molar-refractivity contribution in [1.29, 1.82) is 0 Å². The highest BCUT2D eigenvalue weighted by Gasteiger charge is 2.30. The number of halogens is 1. The number of aromatic nitrogens is 1. The zero-order valence-corrected chi connectivity index (χ0v) is 19.2. The van der Waals surface area contributed by atoms with Crippen molar-refractivity contribution in [1.82, 2.24) is 14.9 Å². The number of urea groups is 1. The highest BCUT2D eigenvalue weighted by Crippen LogP contribution is 2.41. The first-order valence-electron chi connectivity index (χ1n) is 10.5. The third kappa shape index (κ3) is 4.76. The summed E-state index contributed by atoms with van der Waals surface area (Å²) in [6.07, 6.45) is 1.67. The lowest BCUT2D eigenvalue weighted by Crippen LogP contribution is -2.47. The van der Waals surface area contributed by atoms with Gasteiger partial charge in [0.05, 0.1) is 21.6 Å². The van der Waals surface area contributed by atoms with Gasteiger partial charge in [0.15, 0.2) is 0 Å². The summed E-state index contributed by atoms with van der Waals surface area (Å²) in [5.41, 5.74) is 3.17. The number of hydroxylamine groups is 2. The summed E-state index contributed by atoms with van der Waals surface area (Å²) in [4.78, 5) is 20.3. The van der Waals surface area contributed by atoms with Gasteiger partial charge < -0.3 is 4.90 Å². The van der Waals surface area contributed by atoms with E-state index < -0.39 is 0 Å². The molecule has 0 spiro atoms. The third-order valence-corrected chi connectivity index (χ3v) is 7.12. The van der Waals surface area contributed by atoms with Crippen LogP contribution in [0.15, 0.2) is 54.6 Å². The molecule has 2 heterocycles. The molecule has 2 aromatic carbocycles. The van der Waals surface area contributed by atoms with Crippen molar-refractivity contribution in [2.24, 2.45) is 0 Å². The van der Waals surface area contributed by atoms with Crippen LogP contribution in [0.25, 0.3) is 21.7 Å². The number of benzene rings is 2. The van der Waals surface area contributed by atoms with Crippen LogP contribution in [-0.4, -0.2) is 45.3 Å². The molecule has 1 fully saturated rings. The second kappa shape index (κ2) is 9.39. The second-order valence-electron chi connectivity index (χ2n) is 8.08. The molecule has 3 aromatic rings. The van der Waals surface area contributed by atoms with Crippen LogP contribution in [0.3, 0.4) is 0 Å². The van der Waals surface area contributed by atoms with Gasteiger partial charge in [0, 0.05) is 29.6 Å². The monoisotopic (exact) mass is 455 g/mol. The molecule has 0 aliphatic carbocycles. The zero-order chi connectivity index (χ0) is 22.0. The average Bonchev–Trinajstić information content (AvgIpc) is 3.24. The van der Waals surface area contributed by atoms with E-state index >= 15 is 0 Å². The van der Waals surface area contributed by atoms with Crippen LogP contribution in [-0.2, 0) is 0 Å². The van der Waals surface area contributed by atoms with Crippen LogP contribution in [0.2, 0.25) is 5.02 Å². The van der Waals surface area contributed by atoms with Gasteiger partial charge in [-0.25, -0.2) is 14.8 Å². The minimum atomic E-state index is -0.320. The number of rotatable bonds is 4. The van der Waals surface area contributed by atoms with E-state index in [1.807, 2.05) is 42.5 Å². The lowest BCUT2D eigenvalue weighted by molar-refractivity contribution is -0.0814. The Labute approximate surface area is 191 Å². The Balaban J connectivity index is 1.59. The minimum Gasteiger partial charge on any atom is -0.323 e. The molecular weight excluding hydrogens is 430 g/mol. The number of thiazole rings is 1. The molecule has 0 radical (unpaired) electrons. The minimum absolute atomic E-state index is 0.237. The fourth-order valence-electron chi connectivity index (χ4n) is 3.78. The third-order valence-electron chi connectivity index (χ3n) is 5.60. The van der Waals surface area contributed by atoms with E-state index in [1.54, 1.807) is 30.1 Å². The molecule has 0 atom stereocenters. The van der Waals surface area contributed by atoms with Crippen LogP contribution in [0, 0.1) is 0 Å². The topological polar surface area (TPSA) is 56.7 Å². The number of piperidine rings is 1. The Morgan fingerprint density at radius 3 is 2.35 bits per heavy atom. The maximum absolute atomic E-state index is 12.4. The maximum atomic E-state index is 12.4. The summed E-state index contributed by atoms with van der Waals surface area (Å²) in [5.74, 6) is 0.295.